The van der Waals surface area contributed by atoms with Gasteiger partial charge in [-0.05, 0) is 30.5 Å². The Kier molecular flexibility index (Phi) is 5.34. The Morgan fingerprint density at radius 3 is 2.82 bits per heavy atom. The number of nitrogens with zero attached hydrogens (tertiary/aromatic N) is 1. The molecule has 1 aromatic carbocycles. The Hall–Kier alpha value is -2.80. The largest absolute Gasteiger partial charge is 0.477 e. The number of rotatable bonds is 4. The Bertz CT molecular complexity index is 877. The topological polar surface area (TPSA) is 94.7 Å². The molecule has 1 amide bonds. The summed E-state index contributed by atoms with van der Waals surface area (Å²) in [6.07, 6.45) is 4.04. The molecule has 7 nitrogen and oxygen atoms in total. The molecule has 148 valence electrons. The SMILES string of the molecule is O=C(NC1CCCCC1O)C1CN(Cc2ccc(=O)[nH]c2)c2ccccc2O1. The molecule has 1 aromatic heterocycles. The van der Waals surface area contributed by atoms with Gasteiger partial charge in [-0.1, -0.05) is 31.0 Å². The number of nitrogens with one attached hydrogen (secondary N) is 2. The normalized spacial score (nSPS) is 24.2. The van der Waals surface area contributed by atoms with Crippen molar-refractivity contribution in [2.75, 3.05) is 11.4 Å². The lowest BCUT2D eigenvalue weighted by atomic mass is 9.92. The van der Waals surface area contributed by atoms with Crippen LogP contribution in [-0.2, 0) is 11.3 Å². The van der Waals surface area contributed by atoms with E-state index in [2.05, 4.69) is 15.2 Å². The Morgan fingerprint density at radius 1 is 1.21 bits per heavy atom. The second kappa shape index (κ2) is 8.06. The molecule has 7 heteroatoms. The summed E-state index contributed by atoms with van der Waals surface area (Å²) in [6, 6.07) is 10.7. The maximum atomic E-state index is 12.8. The van der Waals surface area contributed by atoms with Crippen LogP contribution in [0.4, 0.5) is 5.69 Å². The van der Waals surface area contributed by atoms with E-state index in [4.69, 9.17) is 4.74 Å². The van der Waals surface area contributed by atoms with Crippen molar-refractivity contribution in [1.82, 2.24) is 10.3 Å². The highest BCUT2D eigenvalue weighted by molar-refractivity contribution is 5.83. The second-order valence-corrected chi connectivity index (χ2v) is 7.48. The second-order valence-electron chi connectivity index (χ2n) is 7.48. The molecule has 0 radical (unpaired) electrons. The van der Waals surface area contributed by atoms with E-state index in [0.717, 1.165) is 36.9 Å². The molecule has 0 bridgehead atoms. The van der Waals surface area contributed by atoms with Gasteiger partial charge in [0.05, 0.1) is 24.4 Å². The summed E-state index contributed by atoms with van der Waals surface area (Å²) >= 11 is 0. The Labute approximate surface area is 163 Å². The number of aromatic amines is 1. The number of para-hydroxylation sites is 2. The van der Waals surface area contributed by atoms with E-state index in [9.17, 15) is 14.7 Å². The van der Waals surface area contributed by atoms with Crippen LogP contribution < -0.4 is 20.5 Å². The number of H-pyrrole nitrogens is 1. The van der Waals surface area contributed by atoms with E-state index in [0.29, 0.717) is 18.8 Å². The highest BCUT2D eigenvalue weighted by Gasteiger charge is 2.33. The van der Waals surface area contributed by atoms with E-state index in [1.54, 1.807) is 12.3 Å². The number of aromatic nitrogens is 1. The highest BCUT2D eigenvalue weighted by Crippen LogP contribution is 2.34. The molecule has 1 aliphatic heterocycles. The fourth-order valence-electron chi connectivity index (χ4n) is 3.91. The molecule has 2 heterocycles. The zero-order chi connectivity index (χ0) is 19.5. The number of fused-ring (bicyclic) bond motifs is 1. The summed E-state index contributed by atoms with van der Waals surface area (Å²) in [4.78, 5) is 28.9. The number of pyridine rings is 1. The van der Waals surface area contributed by atoms with Gasteiger partial charge in [0.2, 0.25) is 5.56 Å². The summed E-state index contributed by atoms with van der Waals surface area (Å²) in [5.74, 6) is 0.453. The number of aliphatic hydroxyl groups is 1. The molecule has 3 unspecified atom stereocenters. The molecule has 4 rings (SSSR count). The maximum absolute atomic E-state index is 12.8. The monoisotopic (exact) mass is 383 g/mol. The molecule has 1 fully saturated rings. The Morgan fingerprint density at radius 2 is 2.04 bits per heavy atom. The quantitative estimate of drug-likeness (QED) is 0.745. The van der Waals surface area contributed by atoms with Crippen molar-refractivity contribution in [1.29, 1.82) is 0 Å². The summed E-state index contributed by atoms with van der Waals surface area (Å²) < 4.78 is 5.96. The van der Waals surface area contributed by atoms with Crippen molar-refractivity contribution in [3.05, 3.63) is 58.5 Å². The molecule has 1 saturated carbocycles. The average Bonchev–Trinajstić information content (AvgIpc) is 2.71. The van der Waals surface area contributed by atoms with Crippen molar-refractivity contribution >= 4 is 11.6 Å². The number of benzene rings is 1. The average molecular weight is 383 g/mol. The standard InChI is InChI=1S/C21H25N3O4/c25-17-7-3-1-5-15(17)23-21(27)19-13-24(12-14-9-10-20(26)22-11-14)16-6-2-4-8-18(16)28-19/h2,4,6,8-11,15,17,19,25H,1,3,5,7,12-13H2,(H,22,26)(H,23,27). The lowest BCUT2D eigenvalue weighted by Crippen LogP contribution is -2.54. The number of amides is 1. The van der Waals surface area contributed by atoms with Crippen molar-refractivity contribution in [2.45, 2.75) is 50.5 Å². The molecule has 28 heavy (non-hydrogen) atoms. The highest BCUT2D eigenvalue weighted by atomic mass is 16.5. The first-order valence-electron chi connectivity index (χ1n) is 9.77. The van der Waals surface area contributed by atoms with Crippen molar-refractivity contribution in [3.63, 3.8) is 0 Å². The van der Waals surface area contributed by atoms with Crippen LogP contribution in [0, 0.1) is 0 Å². The van der Waals surface area contributed by atoms with E-state index in [1.807, 2.05) is 24.3 Å². The van der Waals surface area contributed by atoms with E-state index in [-0.39, 0.29) is 17.5 Å². The van der Waals surface area contributed by atoms with Crippen LogP contribution in [-0.4, -0.2) is 40.8 Å². The summed E-state index contributed by atoms with van der Waals surface area (Å²) in [6.45, 7) is 0.942. The molecular weight excluding hydrogens is 358 g/mol. The molecular formula is C21H25N3O4. The minimum Gasteiger partial charge on any atom is -0.477 e. The van der Waals surface area contributed by atoms with Crippen molar-refractivity contribution in [2.24, 2.45) is 0 Å². The molecule has 0 spiro atoms. The van der Waals surface area contributed by atoms with Crippen LogP contribution in [0.25, 0.3) is 0 Å². The number of carbonyl (C=O) groups excluding carboxylic acids is 1. The van der Waals surface area contributed by atoms with Gasteiger partial charge in [-0.3, -0.25) is 9.59 Å². The van der Waals surface area contributed by atoms with Crippen LogP contribution >= 0.6 is 0 Å². The lowest BCUT2D eigenvalue weighted by molar-refractivity contribution is -0.129. The third kappa shape index (κ3) is 4.04. The fraction of sp³-hybridized carbons (Fsp3) is 0.429. The van der Waals surface area contributed by atoms with Gasteiger partial charge in [-0.2, -0.15) is 0 Å². The van der Waals surface area contributed by atoms with Crippen LogP contribution in [0.15, 0.2) is 47.4 Å². The zero-order valence-corrected chi connectivity index (χ0v) is 15.6. The van der Waals surface area contributed by atoms with E-state index < -0.39 is 12.2 Å². The van der Waals surface area contributed by atoms with Gasteiger partial charge >= 0.3 is 0 Å². The van der Waals surface area contributed by atoms with Gasteiger partial charge in [0.1, 0.15) is 5.75 Å². The Balaban J connectivity index is 1.51. The number of aliphatic hydroxyl groups excluding tert-OH is 1. The summed E-state index contributed by atoms with van der Waals surface area (Å²) in [7, 11) is 0. The van der Waals surface area contributed by atoms with Crippen LogP contribution in [0.5, 0.6) is 5.75 Å². The first kappa shape index (κ1) is 18.6. The third-order valence-corrected chi connectivity index (χ3v) is 5.43. The minimum atomic E-state index is -0.660. The van der Waals surface area contributed by atoms with Crippen molar-refractivity contribution < 1.29 is 14.6 Å². The molecule has 3 atom stereocenters. The van der Waals surface area contributed by atoms with Gasteiger partial charge in [0.25, 0.3) is 5.91 Å². The number of hydrogen-bond donors (Lipinski definition) is 3. The number of hydrogen-bond acceptors (Lipinski definition) is 5. The summed E-state index contributed by atoms with van der Waals surface area (Å²) in [5.41, 5.74) is 1.71. The van der Waals surface area contributed by atoms with Gasteiger partial charge in [-0.15, -0.1) is 0 Å². The van der Waals surface area contributed by atoms with E-state index >= 15 is 0 Å². The number of ether oxygens (including phenoxy) is 1. The first-order chi connectivity index (χ1) is 13.6. The zero-order valence-electron chi connectivity index (χ0n) is 15.6. The van der Waals surface area contributed by atoms with Crippen molar-refractivity contribution in [3.8, 4) is 5.75 Å². The molecule has 3 N–H and O–H groups in total. The third-order valence-electron chi connectivity index (χ3n) is 5.43. The van der Waals surface area contributed by atoms with Crippen LogP contribution in [0.2, 0.25) is 0 Å². The number of anilines is 1. The molecule has 0 saturated heterocycles. The van der Waals surface area contributed by atoms with Gasteiger partial charge in [0, 0.05) is 18.8 Å². The molecule has 2 aromatic rings. The van der Waals surface area contributed by atoms with Gasteiger partial charge in [0.15, 0.2) is 6.10 Å². The predicted molar refractivity (Wildman–Crippen MR) is 105 cm³/mol. The fourth-order valence-corrected chi connectivity index (χ4v) is 3.91. The van der Waals surface area contributed by atoms with E-state index in [1.165, 1.54) is 6.07 Å². The minimum absolute atomic E-state index is 0.144. The van der Waals surface area contributed by atoms with Gasteiger partial charge < -0.3 is 25.0 Å². The molecule has 2 aliphatic rings. The predicted octanol–water partition coefficient (Wildman–Crippen LogP) is 1.56. The van der Waals surface area contributed by atoms with Crippen LogP contribution in [0.1, 0.15) is 31.2 Å². The molecule has 1 aliphatic carbocycles. The van der Waals surface area contributed by atoms with Gasteiger partial charge in [-0.25, -0.2) is 0 Å². The maximum Gasteiger partial charge on any atom is 0.263 e. The first-order valence-corrected chi connectivity index (χ1v) is 9.77. The lowest BCUT2D eigenvalue weighted by Gasteiger charge is -2.37. The number of carbonyl (C=O) groups is 1. The smallest absolute Gasteiger partial charge is 0.263 e. The van der Waals surface area contributed by atoms with Crippen LogP contribution in [0.3, 0.4) is 0 Å². The summed E-state index contributed by atoms with van der Waals surface area (Å²) in [5, 5.41) is 13.1.